The largest absolute Gasteiger partial charge is 0.378 e. The minimum absolute atomic E-state index is 0.738. The van der Waals surface area contributed by atoms with Gasteiger partial charge in [0.05, 0.1) is 18.6 Å². The Labute approximate surface area is 169 Å². The number of hydrogen-bond donors (Lipinski definition) is 0. The van der Waals surface area contributed by atoms with Crippen LogP contribution in [0.15, 0.2) is 30.7 Å². The smallest absolute Gasteiger partial charge is 0.164 e. The predicted octanol–water partition coefficient (Wildman–Crippen LogP) is 1.29. The SMILES string of the molecule is Cc1nc(N2CCOCC2)cc(N2CCN(c3ncnc4ncccc34)CC2)n1. The van der Waals surface area contributed by atoms with Gasteiger partial charge in [-0.1, -0.05) is 0 Å². The van der Waals surface area contributed by atoms with Crippen LogP contribution in [0.3, 0.4) is 0 Å². The lowest BCUT2D eigenvalue weighted by atomic mass is 10.2. The fourth-order valence-electron chi connectivity index (χ4n) is 3.93. The van der Waals surface area contributed by atoms with Crippen molar-refractivity contribution in [2.45, 2.75) is 6.92 Å². The third kappa shape index (κ3) is 3.65. The van der Waals surface area contributed by atoms with Crippen LogP contribution in [0.25, 0.3) is 11.0 Å². The van der Waals surface area contributed by atoms with Crippen LogP contribution >= 0.6 is 0 Å². The highest BCUT2D eigenvalue weighted by Gasteiger charge is 2.22. The van der Waals surface area contributed by atoms with Crippen molar-refractivity contribution in [2.24, 2.45) is 0 Å². The van der Waals surface area contributed by atoms with Crippen LogP contribution in [0.2, 0.25) is 0 Å². The van der Waals surface area contributed by atoms with Crippen LogP contribution in [0.4, 0.5) is 17.5 Å². The molecule has 2 saturated heterocycles. The minimum atomic E-state index is 0.738. The van der Waals surface area contributed by atoms with Crippen molar-refractivity contribution in [1.82, 2.24) is 24.9 Å². The van der Waals surface area contributed by atoms with Crippen molar-refractivity contribution in [3.63, 3.8) is 0 Å². The molecule has 0 spiro atoms. The van der Waals surface area contributed by atoms with Crippen LogP contribution < -0.4 is 14.7 Å². The van der Waals surface area contributed by atoms with Crippen molar-refractivity contribution < 1.29 is 4.74 Å². The van der Waals surface area contributed by atoms with E-state index in [1.165, 1.54) is 0 Å². The van der Waals surface area contributed by atoms with Gasteiger partial charge in [0.15, 0.2) is 5.65 Å². The molecule has 3 aromatic rings. The molecule has 0 radical (unpaired) electrons. The molecule has 0 unspecified atom stereocenters. The average Bonchev–Trinajstić information content (AvgIpc) is 2.79. The second-order valence-electron chi connectivity index (χ2n) is 7.28. The van der Waals surface area contributed by atoms with E-state index in [0.717, 1.165) is 86.8 Å². The molecule has 2 aliphatic heterocycles. The van der Waals surface area contributed by atoms with Gasteiger partial charge in [-0.15, -0.1) is 0 Å². The lowest BCUT2D eigenvalue weighted by Gasteiger charge is -2.37. The molecule has 29 heavy (non-hydrogen) atoms. The quantitative estimate of drug-likeness (QED) is 0.654. The number of anilines is 3. The first-order valence-electron chi connectivity index (χ1n) is 10.0. The average molecular weight is 392 g/mol. The summed E-state index contributed by atoms with van der Waals surface area (Å²) < 4.78 is 5.47. The maximum atomic E-state index is 5.47. The van der Waals surface area contributed by atoms with Crippen molar-refractivity contribution >= 4 is 28.5 Å². The molecule has 2 fully saturated rings. The Morgan fingerprint density at radius 2 is 1.52 bits per heavy atom. The van der Waals surface area contributed by atoms with E-state index >= 15 is 0 Å². The number of pyridine rings is 1. The molecule has 5 heterocycles. The lowest BCUT2D eigenvalue weighted by Crippen LogP contribution is -2.47. The Balaban J connectivity index is 1.33. The molecule has 2 aliphatic rings. The van der Waals surface area contributed by atoms with Crippen molar-refractivity contribution in [1.29, 1.82) is 0 Å². The molecule has 0 aliphatic carbocycles. The van der Waals surface area contributed by atoms with Gasteiger partial charge in [0.1, 0.15) is 29.6 Å². The van der Waals surface area contributed by atoms with E-state index in [-0.39, 0.29) is 0 Å². The fraction of sp³-hybridized carbons (Fsp3) is 0.450. The zero-order valence-electron chi connectivity index (χ0n) is 16.5. The van der Waals surface area contributed by atoms with Gasteiger partial charge >= 0.3 is 0 Å². The van der Waals surface area contributed by atoms with Crippen LogP contribution in [-0.4, -0.2) is 77.4 Å². The summed E-state index contributed by atoms with van der Waals surface area (Å²) >= 11 is 0. The Kier molecular flexibility index (Phi) is 4.81. The van der Waals surface area contributed by atoms with E-state index in [1.807, 2.05) is 19.1 Å². The van der Waals surface area contributed by atoms with Gasteiger partial charge in [-0.25, -0.2) is 24.9 Å². The summed E-state index contributed by atoms with van der Waals surface area (Å²) in [5.41, 5.74) is 0.738. The number of morpholine rings is 1. The summed E-state index contributed by atoms with van der Waals surface area (Å²) in [7, 11) is 0. The molecule has 0 atom stereocenters. The number of aryl methyl sites for hydroxylation is 1. The first kappa shape index (κ1) is 18.0. The van der Waals surface area contributed by atoms with Crippen LogP contribution in [0, 0.1) is 6.92 Å². The molecular weight excluding hydrogens is 368 g/mol. The van der Waals surface area contributed by atoms with Crippen molar-refractivity contribution in [2.75, 3.05) is 67.2 Å². The van der Waals surface area contributed by atoms with Gasteiger partial charge in [0.25, 0.3) is 0 Å². The molecule has 5 rings (SSSR count). The summed E-state index contributed by atoms with van der Waals surface area (Å²) in [5, 5.41) is 0.996. The normalized spacial score (nSPS) is 17.8. The molecule has 150 valence electrons. The highest BCUT2D eigenvalue weighted by Crippen LogP contribution is 2.25. The topological polar surface area (TPSA) is 83.4 Å². The predicted molar refractivity (Wildman–Crippen MR) is 112 cm³/mol. The van der Waals surface area contributed by atoms with E-state index in [0.29, 0.717) is 0 Å². The molecule has 9 heteroatoms. The number of hydrogen-bond acceptors (Lipinski definition) is 9. The van der Waals surface area contributed by atoms with E-state index in [1.54, 1.807) is 12.5 Å². The van der Waals surface area contributed by atoms with E-state index in [9.17, 15) is 0 Å². The van der Waals surface area contributed by atoms with Crippen LogP contribution in [0.1, 0.15) is 5.82 Å². The number of piperazine rings is 1. The highest BCUT2D eigenvalue weighted by molar-refractivity contribution is 5.86. The summed E-state index contributed by atoms with van der Waals surface area (Å²) in [6.07, 6.45) is 3.36. The molecule has 9 nitrogen and oxygen atoms in total. The van der Waals surface area contributed by atoms with Gasteiger partial charge in [-0.05, 0) is 19.1 Å². The third-order valence-corrected chi connectivity index (χ3v) is 5.44. The lowest BCUT2D eigenvalue weighted by molar-refractivity contribution is 0.122. The van der Waals surface area contributed by atoms with Crippen molar-refractivity contribution in [3.05, 3.63) is 36.5 Å². The van der Waals surface area contributed by atoms with E-state index < -0.39 is 0 Å². The maximum Gasteiger partial charge on any atom is 0.164 e. The van der Waals surface area contributed by atoms with Gasteiger partial charge < -0.3 is 19.4 Å². The zero-order chi connectivity index (χ0) is 19.6. The van der Waals surface area contributed by atoms with Gasteiger partial charge in [0.2, 0.25) is 0 Å². The molecule has 0 saturated carbocycles. The second-order valence-corrected chi connectivity index (χ2v) is 7.28. The monoisotopic (exact) mass is 392 g/mol. The number of ether oxygens (including phenoxy) is 1. The second kappa shape index (κ2) is 7.75. The number of nitrogens with zero attached hydrogens (tertiary/aromatic N) is 8. The number of fused-ring (bicyclic) bond motifs is 1. The fourth-order valence-corrected chi connectivity index (χ4v) is 3.93. The molecule has 0 aromatic carbocycles. The molecule has 0 amide bonds. The third-order valence-electron chi connectivity index (χ3n) is 5.44. The molecule has 0 N–H and O–H groups in total. The summed E-state index contributed by atoms with van der Waals surface area (Å²) in [4.78, 5) is 29.4. The number of rotatable bonds is 3. The molecule has 0 bridgehead atoms. The summed E-state index contributed by atoms with van der Waals surface area (Å²) in [6.45, 7) is 8.71. The zero-order valence-corrected chi connectivity index (χ0v) is 16.5. The maximum absolute atomic E-state index is 5.47. The van der Waals surface area contributed by atoms with Crippen molar-refractivity contribution in [3.8, 4) is 0 Å². The Bertz CT molecular complexity index is 993. The van der Waals surface area contributed by atoms with Gasteiger partial charge in [-0.3, -0.25) is 0 Å². The van der Waals surface area contributed by atoms with Gasteiger partial charge in [0, 0.05) is 51.5 Å². The Hall–Kier alpha value is -3.07. The first-order chi connectivity index (χ1) is 14.3. The van der Waals surface area contributed by atoms with E-state index in [4.69, 9.17) is 9.72 Å². The number of aromatic nitrogens is 5. The summed E-state index contributed by atoms with van der Waals surface area (Å²) in [6, 6.07) is 6.08. The summed E-state index contributed by atoms with van der Waals surface area (Å²) in [5.74, 6) is 3.74. The van der Waals surface area contributed by atoms with Gasteiger partial charge in [-0.2, -0.15) is 0 Å². The standard InChI is InChI=1S/C20H24N8O/c1-15-24-17(13-18(25-15)27-9-11-29-12-10-27)26-5-7-28(8-6-26)20-16-3-2-4-21-19(16)22-14-23-20/h2-4,13-14H,5-12H2,1H3. The minimum Gasteiger partial charge on any atom is -0.378 e. The van der Waals surface area contributed by atoms with E-state index in [2.05, 4.69) is 40.7 Å². The first-order valence-corrected chi connectivity index (χ1v) is 10.0. The Morgan fingerprint density at radius 1 is 0.828 bits per heavy atom. The Morgan fingerprint density at radius 3 is 2.28 bits per heavy atom. The molecule has 3 aromatic heterocycles. The van der Waals surface area contributed by atoms with Crippen LogP contribution in [0.5, 0.6) is 0 Å². The van der Waals surface area contributed by atoms with Crippen LogP contribution in [-0.2, 0) is 4.74 Å². The highest BCUT2D eigenvalue weighted by atomic mass is 16.5. The molecular formula is C20H24N8O.